The van der Waals surface area contributed by atoms with E-state index in [0.717, 1.165) is 38.5 Å². The van der Waals surface area contributed by atoms with Gasteiger partial charge in [-0.25, -0.2) is 0 Å². The lowest BCUT2D eigenvalue weighted by Crippen LogP contribution is -2.53. The second-order valence-electron chi connectivity index (χ2n) is 19.7. The van der Waals surface area contributed by atoms with Gasteiger partial charge in [0.15, 0.2) is 0 Å². The van der Waals surface area contributed by atoms with E-state index in [2.05, 4.69) is 19.2 Å². The standard InChI is InChI=1S/C55H111NO5/c1-3-5-7-9-11-13-15-17-19-20-21-22-23-24-25-26-27-28-29-30-31-32-33-35-36-38-40-42-44-46-48-52(58)54(60)51(50-57)56-55(61)53(59)49-47-45-43-41-39-37-34-18-16-14-12-10-8-6-4-2/h51-54,57-60H,3-50H2,1-2H3,(H,56,61). The summed E-state index contributed by atoms with van der Waals surface area (Å²) in [6.45, 7) is 4.09. The lowest BCUT2D eigenvalue weighted by molar-refractivity contribution is -0.132. The normalized spacial score (nSPS) is 13.7. The maximum absolute atomic E-state index is 12.6. The summed E-state index contributed by atoms with van der Waals surface area (Å²) in [5.74, 6) is -0.577. The molecule has 0 aromatic carbocycles. The minimum atomic E-state index is -1.25. The summed E-state index contributed by atoms with van der Waals surface area (Å²) in [5, 5.41) is 43.9. The lowest BCUT2D eigenvalue weighted by atomic mass is 9.99. The summed E-state index contributed by atoms with van der Waals surface area (Å²) in [5.41, 5.74) is 0. The molecule has 5 N–H and O–H groups in total. The fourth-order valence-electron chi connectivity index (χ4n) is 9.17. The van der Waals surface area contributed by atoms with Crippen LogP contribution >= 0.6 is 0 Å². The number of hydrogen-bond donors (Lipinski definition) is 5. The number of carbonyl (C=O) groups is 1. The Labute approximate surface area is 381 Å². The van der Waals surface area contributed by atoms with Gasteiger partial charge in [-0.3, -0.25) is 4.79 Å². The molecule has 4 unspecified atom stereocenters. The molecule has 0 aliphatic heterocycles. The molecule has 6 heteroatoms. The first kappa shape index (κ1) is 60.3. The molecule has 0 aliphatic carbocycles. The van der Waals surface area contributed by atoms with Gasteiger partial charge in [0, 0.05) is 0 Å². The Bertz CT molecular complexity index is 841. The van der Waals surface area contributed by atoms with Gasteiger partial charge in [-0.15, -0.1) is 0 Å². The number of aliphatic hydroxyl groups is 4. The topological polar surface area (TPSA) is 110 Å². The highest BCUT2D eigenvalue weighted by Crippen LogP contribution is 2.19. The molecule has 0 saturated carbocycles. The number of carbonyl (C=O) groups excluding carboxylic acids is 1. The van der Waals surface area contributed by atoms with Crippen LogP contribution in [0.1, 0.15) is 316 Å². The number of unbranched alkanes of at least 4 members (excludes halogenated alkanes) is 43. The van der Waals surface area contributed by atoms with E-state index >= 15 is 0 Å². The van der Waals surface area contributed by atoms with E-state index in [1.165, 1.54) is 250 Å². The van der Waals surface area contributed by atoms with E-state index in [9.17, 15) is 25.2 Å². The van der Waals surface area contributed by atoms with Crippen LogP contribution in [0.3, 0.4) is 0 Å². The molecule has 6 nitrogen and oxygen atoms in total. The fourth-order valence-corrected chi connectivity index (χ4v) is 9.17. The molecule has 0 fully saturated rings. The van der Waals surface area contributed by atoms with Crippen LogP contribution in [-0.4, -0.2) is 57.3 Å². The molecule has 0 aromatic heterocycles. The molecular formula is C55H111NO5. The third-order valence-corrected chi connectivity index (χ3v) is 13.6. The summed E-state index contributed by atoms with van der Waals surface area (Å²) in [6, 6.07) is -0.980. The van der Waals surface area contributed by atoms with Crippen molar-refractivity contribution >= 4 is 5.91 Å². The highest BCUT2D eigenvalue weighted by Gasteiger charge is 2.28. The molecule has 0 bridgehead atoms. The van der Waals surface area contributed by atoms with Gasteiger partial charge in [0.05, 0.1) is 18.8 Å². The average molecular weight is 866 g/mol. The van der Waals surface area contributed by atoms with E-state index in [1.807, 2.05) is 0 Å². The molecule has 61 heavy (non-hydrogen) atoms. The van der Waals surface area contributed by atoms with Gasteiger partial charge >= 0.3 is 0 Å². The number of amides is 1. The number of rotatable bonds is 52. The maximum atomic E-state index is 12.6. The van der Waals surface area contributed by atoms with E-state index in [1.54, 1.807) is 0 Å². The molecule has 1 amide bonds. The van der Waals surface area contributed by atoms with Crippen LogP contribution in [-0.2, 0) is 4.79 Å². The van der Waals surface area contributed by atoms with Gasteiger partial charge in [-0.05, 0) is 12.8 Å². The third kappa shape index (κ3) is 44.3. The van der Waals surface area contributed by atoms with E-state index in [0.29, 0.717) is 12.8 Å². The Balaban J connectivity index is 3.54. The van der Waals surface area contributed by atoms with Gasteiger partial charge in [0.25, 0.3) is 0 Å². The summed E-state index contributed by atoms with van der Waals surface area (Å²) < 4.78 is 0. The van der Waals surface area contributed by atoms with Crippen molar-refractivity contribution in [2.24, 2.45) is 0 Å². The lowest BCUT2D eigenvalue weighted by Gasteiger charge is -2.27. The van der Waals surface area contributed by atoms with Crippen molar-refractivity contribution in [3.05, 3.63) is 0 Å². The number of hydrogen-bond acceptors (Lipinski definition) is 5. The van der Waals surface area contributed by atoms with E-state index in [4.69, 9.17) is 0 Å². The zero-order chi connectivity index (χ0) is 44.5. The second kappa shape index (κ2) is 50.3. The molecule has 0 saturated heterocycles. The van der Waals surface area contributed by atoms with Crippen LogP contribution in [0.25, 0.3) is 0 Å². The Morgan fingerprint density at radius 3 is 0.787 bits per heavy atom. The van der Waals surface area contributed by atoms with Gasteiger partial charge < -0.3 is 25.7 Å². The van der Waals surface area contributed by atoms with Crippen molar-refractivity contribution in [1.82, 2.24) is 5.32 Å². The summed E-state index contributed by atoms with van der Waals surface area (Å²) in [4.78, 5) is 12.6. The quantitative estimate of drug-likeness (QED) is 0.0391. The minimum Gasteiger partial charge on any atom is -0.394 e. The van der Waals surface area contributed by atoms with Crippen LogP contribution in [0, 0.1) is 0 Å². The largest absolute Gasteiger partial charge is 0.394 e. The number of nitrogens with one attached hydrogen (secondary N) is 1. The third-order valence-electron chi connectivity index (χ3n) is 13.6. The molecule has 0 heterocycles. The zero-order valence-corrected chi connectivity index (χ0v) is 41.4. The SMILES string of the molecule is CCCCCCCCCCCCCCCCCCCCCCCCCCCCCCCCC(O)C(O)C(CO)NC(=O)C(O)CCCCCCCCCCCCCCCCC. The van der Waals surface area contributed by atoms with Gasteiger partial charge in [0.2, 0.25) is 5.91 Å². The zero-order valence-electron chi connectivity index (χ0n) is 41.4. The molecular weight excluding hydrogens is 755 g/mol. The van der Waals surface area contributed by atoms with Crippen molar-refractivity contribution < 1.29 is 25.2 Å². The average Bonchev–Trinajstić information content (AvgIpc) is 3.26. The van der Waals surface area contributed by atoms with Crippen molar-refractivity contribution in [2.75, 3.05) is 6.61 Å². The molecule has 0 radical (unpaired) electrons. The van der Waals surface area contributed by atoms with Crippen LogP contribution in [0.4, 0.5) is 0 Å². The first-order valence-corrected chi connectivity index (χ1v) is 27.9. The van der Waals surface area contributed by atoms with Crippen LogP contribution in [0.5, 0.6) is 0 Å². The summed E-state index contributed by atoms with van der Waals surface area (Å²) in [6.07, 6.45) is 57.5. The van der Waals surface area contributed by atoms with Gasteiger partial charge in [-0.1, -0.05) is 303 Å². The Morgan fingerprint density at radius 1 is 0.344 bits per heavy atom. The van der Waals surface area contributed by atoms with Crippen LogP contribution in [0.15, 0.2) is 0 Å². The molecule has 0 aliphatic rings. The number of aliphatic hydroxyl groups excluding tert-OH is 4. The monoisotopic (exact) mass is 866 g/mol. The predicted molar refractivity (Wildman–Crippen MR) is 265 cm³/mol. The minimum absolute atomic E-state index is 0.376. The molecule has 366 valence electrons. The van der Waals surface area contributed by atoms with E-state index < -0.39 is 36.9 Å². The smallest absolute Gasteiger partial charge is 0.249 e. The van der Waals surface area contributed by atoms with Crippen molar-refractivity contribution in [3.63, 3.8) is 0 Å². The highest BCUT2D eigenvalue weighted by atomic mass is 16.3. The first-order chi connectivity index (χ1) is 30.0. The molecule has 0 spiro atoms. The maximum Gasteiger partial charge on any atom is 0.249 e. The Kier molecular flexibility index (Phi) is 49.7. The van der Waals surface area contributed by atoms with Gasteiger partial charge in [-0.2, -0.15) is 0 Å². The van der Waals surface area contributed by atoms with Crippen molar-refractivity contribution in [1.29, 1.82) is 0 Å². The van der Waals surface area contributed by atoms with E-state index in [-0.39, 0.29) is 0 Å². The molecule has 4 atom stereocenters. The highest BCUT2D eigenvalue weighted by molar-refractivity contribution is 5.80. The van der Waals surface area contributed by atoms with Crippen molar-refractivity contribution in [2.45, 2.75) is 340 Å². The van der Waals surface area contributed by atoms with Crippen LogP contribution in [0.2, 0.25) is 0 Å². The van der Waals surface area contributed by atoms with Crippen molar-refractivity contribution in [3.8, 4) is 0 Å². The van der Waals surface area contributed by atoms with Gasteiger partial charge in [0.1, 0.15) is 12.2 Å². The summed E-state index contributed by atoms with van der Waals surface area (Å²) >= 11 is 0. The molecule has 0 rings (SSSR count). The predicted octanol–water partition coefficient (Wildman–Crippen LogP) is 15.9. The Morgan fingerprint density at radius 2 is 0.557 bits per heavy atom. The fraction of sp³-hybridized carbons (Fsp3) is 0.982. The van der Waals surface area contributed by atoms with Crippen LogP contribution < -0.4 is 5.32 Å². The second-order valence-corrected chi connectivity index (χ2v) is 19.7. The Hall–Kier alpha value is -0.690. The first-order valence-electron chi connectivity index (χ1n) is 27.9. The molecule has 0 aromatic rings. The summed E-state index contributed by atoms with van der Waals surface area (Å²) in [7, 11) is 0.